The average molecular weight is 393 g/mol. The van der Waals surface area contributed by atoms with Crippen molar-refractivity contribution in [1.29, 1.82) is 0 Å². The zero-order chi connectivity index (χ0) is 19.4. The van der Waals surface area contributed by atoms with Gasteiger partial charge in [-0.1, -0.05) is 12.1 Å². The Morgan fingerprint density at radius 1 is 1.19 bits per heavy atom. The van der Waals surface area contributed by atoms with Gasteiger partial charge >= 0.3 is 0 Å². The van der Waals surface area contributed by atoms with E-state index in [1.54, 1.807) is 35.8 Å². The molecule has 9 heteroatoms. The Kier molecular flexibility index (Phi) is 5.71. The van der Waals surface area contributed by atoms with Crippen molar-refractivity contribution in [3.63, 3.8) is 0 Å². The Balaban J connectivity index is 1.63. The predicted octanol–water partition coefficient (Wildman–Crippen LogP) is 1.33. The van der Waals surface area contributed by atoms with Gasteiger partial charge in [0.2, 0.25) is 10.0 Å². The molecule has 8 nitrogen and oxygen atoms in total. The van der Waals surface area contributed by atoms with Gasteiger partial charge < -0.3 is 18.9 Å². The third-order valence-electron chi connectivity index (χ3n) is 4.36. The first-order chi connectivity index (χ1) is 12.9. The third kappa shape index (κ3) is 4.25. The number of aryl methyl sites for hydroxylation is 1. The number of ether oxygens (including phenoxy) is 2. The molecule has 0 unspecified atom stereocenters. The van der Waals surface area contributed by atoms with Gasteiger partial charge in [0.05, 0.1) is 7.11 Å². The number of nitrogens with zero attached hydrogens (tertiary/aromatic N) is 2. The van der Waals surface area contributed by atoms with Crippen molar-refractivity contribution in [3.05, 3.63) is 42.2 Å². The number of para-hydroxylation sites is 2. The van der Waals surface area contributed by atoms with Crippen LogP contribution < -0.4 is 14.2 Å². The van der Waals surface area contributed by atoms with Crippen LogP contribution in [0.25, 0.3) is 0 Å². The monoisotopic (exact) mass is 393 g/mol. The number of hydrogen-bond donors (Lipinski definition) is 1. The minimum Gasteiger partial charge on any atom is -0.493 e. The van der Waals surface area contributed by atoms with Gasteiger partial charge in [0.15, 0.2) is 11.5 Å². The van der Waals surface area contributed by atoms with Gasteiger partial charge in [-0.25, -0.2) is 13.1 Å². The second-order valence-electron chi connectivity index (χ2n) is 6.23. The van der Waals surface area contributed by atoms with E-state index in [0.29, 0.717) is 30.3 Å². The summed E-state index contributed by atoms with van der Waals surface area (Å²) in [5, 5.41) is 0. The lowest BCUT2D eigenvalue weighted by Crippen LogP contribution is -2.28. The predicted molar refractivity (Wildman–Crippen MR) is 99.7 cm³/mol. The van der Waals surface area contributed by atoms with E-state index >= 15 is 0 Å². The lowest BCUT2D eigenvalue weighted by atomic mass is 10.3. The highest BCUT2D eigenvalue weighted by atomic mass is 32.2. The molecular weight excluding hydrogens is 370 g/mol. The number of carbonyl (C=O) groups excluding carboxylic acids is 1. The molecule has 0 spiro atoms. The van der Waals surface area contributed by atoms with Crippen molar-refractivity contribution in [1.82, 2.24) is 14.2 Å². The quantitative estimate of drug-likeness (QED) is 0.717. The van der Waals surface area contributed by atoms with Crippen LogP contribution in [0.5, 0.6) is 11.5 Å². The second-order valence-corrected chi connectivity index (χ2v) is 8.00. The highest BCUT2D eigenvalue weighted by molar-refractivity contribution is 7.89. The Hall–Kier alpha value is -2.52. The van der Waals surface area contributed by atoms with Crippen molar-refractivity contribution in [3.8, 4) is 11.5 Å². The molecule has 2 heterocycles. The fraction of sp³-hybridized carbons (Fsp3) is 0.389. The summed E-state index contributed by atoms with van der Waals surface area (Å²) in [4.78, 5) is 14.0. The number of methoxy groups -OCH3 is 1. The van der Waals surface area contributed by atoms with Crippen molar-refractivity contribution in [2.75, 3.05) is 33.9 Å². The fourth-order valence-electron chi connectivity index (χ4n) is 2.93. The molecule has 1 aromatic heterocycles. The Morgan fingerprint density at radius 3 is 2.67 bits per heavy atom. The van der Waals surface area contributed by atoms with Crippen molar-refractivity contribution in [2.24, 2.45) is 0 Å². The zero-order valence-corrected chi connectivity index (χ0v) is 16.2. The van der Waals surface area contributed by atoms with Crippen LogP contribution >= 0.6 is 0 Å². The Morgan fingerprint density at radius 2 is 1.93 bits per heavy atom. The summed E-state index contributed by atoms with van der Waals surface area (Å²) in [6, 6.07) is 8.57. The van der Waals surface area contributed by atoms with E-state index in [-0.39, 0.29) is 24.0 Å². The minimum absolute atomic E-state index is 0.0819. The number of benzene rings is 1. The summed E-state index contributed by atoms with van der Waals surface area (Å²) in [6.07, 6.45) is 2.29. The second kappa shape index (κ2) is 8.01. The standard InChI is InChI=1S/C18H23N3O5S/c1-20-9-5-10-21-13-14(12-15(21)18(20)22)27(23,24)19-8-11-26-17-7-4-3-6-16(17)25-2/h3-4,6-7,12-13,19H,5,8-11H2,1-2H3. The van der Waals surface area contributed by atoms with E-state index in [4.69, 9.17) is 9.47 Å². The molecule has 1 amide bonds. The molecule has 0 atom stereocenters. The highest BCUT2D eigenvalue weighted by Crippen LogP contribution is 2.25. The summed E-state index contributed by atoms with van der Waals surface area (Å²) in [7, 11) is -0.473. The molecule has 0 bridgehead atoms. The molecule has 146 valence electrons. The molecule has 1 aliphatic rings. The number of hydrogen-bond acceptors (Lipinski definition) is 5. The van der Waals surface area contributed by atoms with Gasteiger partial charge in [-0.3, -0.25) is 4.79 Å². The summed E-state index contributed by atoms with van der Waals surface area (Å²) >= 11 is 0. The van der Waals surface area contributed by atoms with Gasteiger partial charge in [-0.2, -0.15) is 0 Å². The number of amides is 1. The topological polar surface area (TPSA) is 89.9 Å². The van der Waals surface area contributed by atoms with Crippen molar-refractivity contribution < 1.29 is 22.7 Å². The molecule has 1 aliphatic heterocycles. The maximum atomic E-state index is 12.5. The number of sulfonamides is 1. The zero-order valence-electron chi connectivity index (χ0n) is 15.3. The number of carbonyl (C=O) groups is 1. The molecule has 0 radical (unpaired) electrons. The number of aromatic nitrogens is 1. The average Bonchev–Trinajstić information content (AvgIpc) is 3.04. The van der Waals surface area contributed by atoms with Crippen LogP contribution in [0.1, 0.15) is 16.9 Å². The van der Waals surface area contributed by atoms with Gasteiger partial charge in [-0.15, -0.1) is 0 Å². The van der Waals surface area contributed by atoms with Crippen molar-refractivity contribution in [2.45, 2.75) is 17.9 Å². The Bertz CT molecular complexity index is 923. The first-order valence-electron chi connectivity index (χ1n) is 8.63. The fourth-order valence-corrected chi connectivity index (χ4v) is 3.98. The maximum Gasteiger partial charge on any atom is 0.270 e. The van der Waals surface area contributed by atoms with Crippen LogP contribution in [0.4, 0.5) is 0 Å². The molecule has 1 N–H and O–H groups in total. The molecule has 0 fully saturated rings. The van der Waals surface area contributed by atoms with E-state index in [2.05, 4.69) is 4.72 Å². The van der Waals surface area contributed by atoms with Crippen LogP contribution in [-0.4, -0.2) is 57.6 Å². The van der Waals surface area contributed by atoms with Crippen LogP contribution in [0.3, 0.4) is 0 Å². The van der Waals surface area contributed by atoms with E-state index in [1.807, 2.05) is 12.1 Å². The molecule has 27 heavy (non-hydrogen) atoms. The van der Waals surface area contributed by atoms with Gasteiger partial charge in [0, 0.05) is 32.9 Å². The molecule has 3 rings (SSSR count). The lowest BCUT2D eigenvalue weighted by Gasteiger charge is -2.12. The summed E-state index contributed by atoms with van der Waals surface area (Å²) < 4.78 is 40.0. The molecule has 0 aliphatic carbocycles. The van der Waals surface area contributed by atoms with E-state index in [0.717, 1.165) is 6.42 Å². The van der Waals surface area contributed by atoms with Crippen LogP contribution in [0.15, 0.2) is 41.4 Å². The summed E-state index contributed by atoms with van der Waals surface area (Å²) in [5.74, 6) is 0.955. The van der Waals surface area contributed by atoms with E-state index in [9.17, 15) is 13.2 Å². The largest absolute Gasteiger partial charge is 0.493 e. The SMILES string of the molecule is COc1ccccc1OCCNS(=O)(=O)c1cc2n(c1)CCCN(C)C2=O. The Labute approximate surface area is 158 Å². The van der Waals surface area contributed by atoms with Crippen LogP contribution in [0, 0.1) is 0 Å². The van der Waals surface area contributed by atoms with Gasteiger partial charge in [0.1, 0.15) is 17.2 Å². The molecule has 2 aromatic rings. The third-order valence-corrected chi connectivity index (χ3v) is 5.79. The smallest absolute Gasteiger partial charge is 0.270 e. The number of rotatable bonds is 7. The molecular formula is C18H23N3O5S. The number of nitrogens with one attached hydrogen (secondary N) is 1. The van der Waals surface area contributed by atoms with Crippen LogP contribution in [0.2, 0.25) is 0 Å². The van der Waals surface area contributed by atoms with Crippen molar-refractivity contribution >= 4 is 15.9 Å². The summed E-state index contributed by atoms with van der Waals surface area (Å²) in [5.41, 5.74) is 0.389. The normalized spacial score (nSPS) is 14.6. The minimum atomic E-state index is -3.73. The van der Waals surface area contributed by atoms with Gasteiger partial charge in [-0.05, 0) is 24.6 Å². The van der Waals surface area contributed by atoms with Crippen LogP contribution in [-0.2, 0) is 16.6 Å². The molecule has 0 saturated carbocycles. The molecule has 0 saturated heterocycles. The summed E-state index contributed by atoms with van der Waals surface area (Å²) in [6.45, 7) is 1.50. The first kappa shape index (κ1) is 19.2. The van der Waals surface area contributed by atoms with E-state index < -0.39 is 10.0 Å². The maximum absolute atomic E-state index is 12.5. The molecule has 1 aromatic carbocycles. The van der Waals surface area contributed by atoms with Gasteiger partial charge in [0.25, 0.3) is 5.91 Å². The van der Waals surface area contributed by atoms with E-state index in [1.165, 1.54) is 12.3 Å². The number of fused-ring (bicyclic) bond motifs is 1. The highest BCUT2D eigenvalue weighted by Gasteiger charge is 2.25. The first-order valence-corrected chi connectivity index (χ1v) is 10.1. The lowest BCUT2D eigenvalue weighted by molar-refractivity contribution is 0.0796.